The maximum Gasteiger partial charge on any atom is 0.340 e. The summed E-state index contributed by atoms with van der Waals surface area (Å²) in [4.78, 5) is 23.4. The van der Waals surface area contributed by atoms with E-state index in [1.54, 1.807) is 0 Å². The molecule has 2 aliphatic heterocycles. The van der Waals surface area contributed by atoms with Crippen LogP contribution in [0.25, 0.3) is 0 Å². The maximum atomic E-state index is 12.2. The lowest BCUT2D eigenvalue weighted by molar-refractivity contribution is -0.157. The molecule has 1 unspecified atom stereocenters. The van der Waals surface area contributed by atoms with Gasteiger partial charge in [0.25, 0.3) is 5.56 Å². The fourth-order valence-corrected chi connectivity index (χ4v) is 2.26. The summed E-state index contributed by atoms with van der Waals surface area (Å²) < 4.78 is 6.14. The third kappa shape index (κ3) is 1.89. The molecule has 20 heavy (non-hydrogen) atoms. The van der Waals surface area contributed by atoms with Crippen LogP contribution in [0.3, 0.4) is 0 Å². The highest BCUT2D eigenvalue weighted by atomic mass is 16.5. The number of pyridine rings is 1. The number of carbonyl (C=O) groups is 1. The van der Waals surface area contributed by atoms with Crippen molar-refractivity contribution in [2.45, 2.75) is 33.1 Å². The van der Waals surface area contributed by atoms with Crippen LogP contribution in [0.15, 0.2) is 23.0 Å². The minimum absolute atomic E-state index is 0.135. The summed E-state index contributed by atoms with van der Waals surface area (Å²) >= 11 is 0. The van der Waals surface area contributed by atoms with Crippen molar-refractivity contribution in [1.29, 1.82) is 5.41 Å². The normalized spacial score (nSPS) is 19.8. The standard InChI is InChI=1S/C12H10N2O4.C2H6/c1-5-3-14-8(9(5)13)2-6-7(11(14)16)4-18-12(17)10(6)15;1-2/h2,10,13,15H,1,3-4H2;1-2H3. The van der Waals surface area contributed by atoms with E-state index in [1.807, 2.05) is 13.8 Å². The predicted octanol–water partition coefficient (Wildman–Crippen LogP) is 0.902. The molecule has 6 heteroatoms. The first-order valence-corrected chi connectivity index (χ1v) is 6.39. The number of aromatic nitrogens is 1. The maximum absolute atomic E-state index is 12.2. The van der Waals surface area contributed by atoms with Gasteiger partial charge < -0.3 is 14.4 Å². The Hall–Kier alpha value is -2.21. The van der Waals surface area contributed by atoms with Crippen LogP contribution >= 0.6 is 0 Å². The zero-order chi connectivity index (χ0) is 15.0. The van der Waals surface area contributed by atoms with Gasteiger partial charge in [0.15, 0.2) is 6.10 Å². The number of ether oxygens (including phenoxy) is 1. The van der Waals surface area contributed by atoms with Gasteiger partial charge in [-0.2, -0.15) is 0 Å². The van der Waals surface area contributed by atoms with Crippen LogP contribution in [-0.4, -0.2) is 21.4 Å². The van der Waals surface area contributed by atoms with Crippen molar-refractivity contribution in [3.05, 3.63) is 45.4 Å². The highest BCUT2D eigenvalue weighted by Crippen LogP contribution is 2.27. The largest absolute Gasteiger partial charge is 0.458 e. The van der Waals surface area contributed by atoms with Gasteiger partial charge in [-0.3, -0.25) is 10.2 Å². The molecule has 0 bridgehead atoms. The van der Waals surface area contributed by atoms with Crippen molar-refractivity contribution < 1.29 is 14.6 Å². The zero-order valence-electron chi connectivity index (χ0n) is 11.4. The molecule has 0 saturated heterocycles. The van der Waals surface area contributed by atoms with Gasteiger partial charge in [-0.15, -0.1) is 0 Å². The summed E-state index contributed by atoms with van der Waals surface area (Å²) in [5, 5.41) is 17.5. The average Bonchev–Trinajstić information content (AvgIpc) is 2.74. The molecule has 0 saturated carbocycles. The van der Waals surface area contributed by atoms with E-state index in [2.05, 4.69) is 6.58 Å². The lowest BCUT2D eigenvalue weighted by Crippen LogP contribution is -2.33. The molecular formula is C14H16N2O4. The van der Waals surface area contributed by atoms with E-state index < -0.39 is 12.1 Å². The Morgan fingerprint density at radius 2 is 2.10 bits per heavy atom. The van der Waals surface area contributed by atoms with Crippen LogP contribution in [0, 0.1) is 5.41 Å². The predicted molar refractivity (Wildman–Crippen MR) is 72.8 cm³/mol. The minimum atomic E-state index is -1.45. The minimum Gasteiger partial charge on any atom is -0.458 e. The number of aliphatic hydroxyl groups excluding tert-OH is 1. The second-order valence-corrected chi connectivity index (χ2v) is 4.34. The van der Waals surface area contributed by atoms with Crippen molar-refractivity contribution in [2.75, 3.05) is 0 Å². The highest BCUT2D eigenvalue weighted by molar-refractivity contribution is 6.11. The molecule has 6 nitrogen and oxygen atoms in total. The number of hydrogen-bond acceptors (Lipinski definition) is 5. The first-order chi connectivity index (χ1) is 9.50. The number of rotatable bonds is 0. The number of fused-ring (bicyclic) bond motifs is 2. The lowest BCUT2D eigenvalue weighted by Gasteiger charge is -2.21. The zero-order valence-corrected chi connectivity index (χ0v) is 11.4. The van der Waals surface area contributed by atoms with E-state index in [-0.39, 0.29) is 35.5 Å². The SMILES string of the molecule is C=C1Cn2c(cc3c(c2=O)COC(=O)C3O)C1=N.CC. The number of cyclic esters (lactones) is 1. The molecule has 0 aromatic carbocycles. The smallest absolute Gasteiger partial charge is 0.340 e. The van der Waals surface area contributed by atoms with Crippen molar-refractivity contribution in [2.24, 2.45) is 0 Å². The fraction of sp³-hybridized carbons (Fsp3) is 0.357. The molecule has 106 valence electrons. The number of esters is 1. The molecule has 2 N–H and O–H groups in total. The number of carbonyl (C=O) groups excluding carboxylic acids is 1. The van der Waals surface area contributed by atoms with Crippen molar-refractivity contribution >= 4 is 11.7 Å². The van der Waals surface area contributed by atoms with Gasteiger partial charge in [0, 0.05) is 5.56 Å². The molecule has 2 aliphatic rings. The number of allylic oxidation sites excluding steroid dienone is 1. The van der Waals surface area contributed by atoms with E-state index in [0.29, 0.717) is 11.3 Å². The molecule has 0 radical (unpaired) electrons. The Kier molecular flexibility index (Phi) is 3.59. The molecule has 3 rings (SSSR count). The first kappa shape index (κ1) is 14.2. The summed E-state index contributed by atoms with van der Waals surface area (Å²) in [5.74, 6) is -0.768. The Morgan fingerprint density at radius 1 is 1.45 bits per heavy atom. The molecule has 0 spiro atoms. The Balaban J connectivity index is 0.000000704. The molecule has 0 amide bonds. The van der Waals surface area contributed by atoms with E-state index in [0.717, 1.165) is 0 Å². The molecule has 0 fully saturated rings. The first-order valence-electron chi connectivity index (χ1n) is 6.39. The highest BCUT2D eigenvalue weighted by Gasteiger charge is 2.33. The van der Waals surface area contributed by atoms with Crippen LogP contribution in [-0.2, 0) is 22.7 Å². The average molecular weight is 276 g/mol. The topological polar surface area (TPSA) is 92.4 Å². The van der Waals surface area contributed by atoms with Gasteiger partial charge >= 0.3 is 5.97 Å². The van der Waals surface area contributed by atoms with Crippen LogP contribution in [0.1, 0.15) is 36.8 Å². The van der Waals surface area contributed by atoms with Crippen molar-refractivity contribution in [3.8, 4) is 0 Å². The number of nitrogens with one attached hydrogen (secondary N) is 1. The van der Waals surface area contributed by atoms with E-state index in [1.165, 1.54) is 10.6 Å². The van der Waals surface area contributed by atoms with E-state index in [9.17, 15) is 14.7 Å². The van der Waals surface area contributed by atoms with Gasteiger partial charge in [-0.1, -0.05) is 20.4 Å². The number of aliphatic hydroxyl groups is 1. The summed E-state index contributed by atoms with van der Waals surface area (Å²) in [7, 11) is 0. The molecule has 1 aromatic rings. The molecular weight excluding hydrogens is 260 g/mol. The third-order valence-corrected chi connectivity index (χ3v) is 3.27. The molecule has 3 heterocycles. The fourth-order valence-electron chi connectivity index (χ4n) is 2.26. The quantitative estimate of drug-likeness (QED) is 0.689. The van der Waals surface area contributed by atoms with Gasteiger partial charge in [0.2, 0.25) is 0 Å². The van der Waals surface area contributed by atoms with Crippen LogP contribution in [0.2, 0.25) is 0 Å². The van der Waals surface area contributed by atoms with Crippen LogP contribution in [0.4, 0.5) is 0 Å². The summed E-state index contributed by atoms with van der Waals surface area (Å²) in [6.07, 6.45) is -1.45. The Bertz CT molecular complexity index is 672. The monoisotopic (exact) mass is 276 g/mol. The van der Waals surface area contributed by atoms with Gasteiger partial charge in [0.1, 0.15) is 6.61 Å². The molecule has 0 aliphatic carbocycles. The van der Waals surface area contributed by atoms with Crippen LogP contribution in [0.5, 0.6) is 0 Å². The Morgan fingerprint density at radius 3 is 2.75 bits per heavy atom. The third-order valence-electron chi connectivity index (χ3n) is 3.27. The number of hydrogen-bond donors (Lipinski definition) is 2. The second-order valence-electron chi connectivity index (χ2n) is 4.34. The number of nitrogens with zero attached hydrogens (tertiary/aromatic N) is 1. The molecule has 1 atom stereocenters. The van der Waals surface area contributed by atoms with Crippen LogP contribution < -0.4 is 5.56 Å². The summed E-state index contributed by atoms with van der Waals surface area (Å²) in [5.41, 5.74) is 1.27. The summed E-state index contributed by atoms with van der Waals surface area (Å²) in [6.45, 7) is 7.84. The van der Waals surface area contributed by atoms with Crippen molar-refractivity contribution in [3.63, 3.8) is 0 Å². The lowest BCUT2D eigenvalue weighted by atomic mass is 10.0. The van der Waals surface area contributed by atoms with Gasteiger partial charge in [-0.25, -0.2) is 4.79 Å². The van der Waals surface area contributed by atoms with E-state index >= 15 is 0 Å². The second kappa shape index (κ2) is 5.05. The summed E-state index contributed by atoms with van der Waals surface area (Å²) in [6, 6.07) is 1.50. The molecule has 1 aromatic heterocycles. The van der Waals surface area contributed by atoms with E-state index in [4.69, 9.17) is 10.1 Å². The Labute approximate surface area is 115 Å². The van der Waals surface area contributed by atoms with Crippen molar-refractivity contribution in [1.82, 2.24) is 4.57 Å². The van der Waals surface area contributed by atoms with Gasteiger partial charge in [-0.05, 0) is 11.6 Å². The van der Waals surface area contributed by atoms with Gasteiger partial charge in [0.05, 0.1) is 23.5 Å².